The molecule has 172 valence electrons. The third kappa shape index (κ3) is 5.30. The number of aromatic nitrogens is 7. The maximum absolute atomic E-state index is 12.6. The zero-order valence-corrected chi connectivity index (χ0v) is 18.6. The third-order valence-corrected chi connectivity index (χ3v) is 4.94. The van der Waals surface area contributed by atoms with Crippen molar-refractivity contribution in [1.82, 2.24) is 40.4 Å². The molecule has 0 aromatic carbocycles. The number of carbonyl (C=O) groups is 1. The van der Waals surface area contributed by atoms with Gasteiger partial charge < -0.3 is 15.2 Å². The van der Waals surface area contributed by atoms with E-state index in [1.807, 2.05) is 31.2 Å². The maximum Gasteiger partial charge on any atom is 0.270 e. The molecule has 0 saturated heterocycles. The van der Waals surface area contributed by atoms with Crippen LogP contribution < -0.4 is 10.6 Å². The summed E-state index contributed by atoms with van der Waals surface area (Å²) in [6.07, 6.45) is 7.99. The Morgan fingerprint density at radius 3 is 2.63 bits per heavy atom. The van der Waals surface area contributed by atoms with Gasteiger partial charge in [-0.25, -0.2) is 9.97 Å². The Morgan fingerprint density at radius 2 is 1.91 bits per heavy atom. The molecule has 0 radical (unpaired) electrons. The van der Waals surface area contributed by atoms with E-state index in [9.17, 15) is 4.79 Å². The van der Waals surface area contributed by atoms with Gasteiger partial charge in [0.05, 0.1) is 5.69 Å². The van der Waals surface area contributed by atoms with Crippen LogP contribution in [0, 0.1) is 6.92 Å². The van der Waals surface area contributed by atoms with Crippen LogP contribution in [0.1, 0.15) is 21.7 Å². The lowest BCUT2D eigenvalue weighted by Gasteiger charge is -2.08. The molecule has 0 spiro atoms. The number of nitrogens with zero attached hydrogens (tertiary/aromatic N) is 7. The van der Waals surface area contributed by atoms with Crippen LogP contribution in [-0.4, -0.2) is 41.0 Å². The minimum Gasteiger partial charge on any atom is -0.347 e. The van der Waals surface area contributed by atoms with E-state index >= 15 is 0 Å². The van der Waals surface area contributed by atoms with Crippen LogP contribution >= 0.6 is 0 Å². The van der Waals surface area contributed by atoms with Gasteiger partial charge in [-0.05, 0) is 48.0 Å². The predicted octanol–water partition coefficient (Wildman–Crippen LogP) is 3.36. The first-order valence-corrected chi connectivity index (χ1v) is 10.6. The SMILES string of the molecule is Cc1cc(Nc2ncon2)nc(-c2ccc(C(=O)NCc3ccc(-c4cccnc4)nc3)nc2)n1. The summed E-state index contributed by atoms with van der Waals surface area (Å²) in [7, 11) is 0. The summed E-state index contributed by atoms with van der Waals surface area (Å²) in [6.45, 7) is 2.18. The normalized spacial score (nSPS) is 10.7. The topological polar surface area (TPSA) is 144 Å². The van der Waals surface area contributed by atoms with E-state index < -0.39 is 0 Å². The van der Waals surface area contributed by atoms with Crippen LogP contribution in [0.2, 0.25) is 0 Å². The lowest BCUT2D eigenvalue weighted by molar-refractivity contribution is 0.0946. The second-order valence-electron chi connectivity index (χ2n) is 7.51. The molecular formula is C24H19N9O2. The summed E-state index contributed by atoms with van der Waals surface area (Å²) in [6, 6.07) is 12.8. The molecule has 0 bridgehead atoms. The number of hydrogen-bond acceptors (Lipinski definition) is 10. The lowest BCUT2D eigenvalue weighted by atomic mass is 10.1. The van der Waals surface area contributed by atoms with Crippen molar-refractivity contribution in [2.45, 2.75) is 13.5 Å². The smallest absolute Gasteiger partial charge is 0.270 e. The Morgan fingerprint density at radius 1 is 0.971 bits per heavy atom. The van der Waals surface area contributed by atoms with Crippen molar-refractivity contribution in [2.75, 3.05) is 5.32 Å². The second-order valence-corrected chi connectivity index (χ2v) is 7.51. The van der Waals surface area contributed by atoms with Crippen molar-refractivity contribution in [3.05, 3.63) is 90.6 Å². The lowest BCUT2D eigenvalue weighted by Crippen LogP contribution is -2.23. The third-order valence-electron chi connectivity index (χ3n) is 4.94. The Kier molecular flexibility index (Phi) is 6.11. The zero-order chi connectivity index (χ0) is 24.0. The highest BCUT2D eigenvalue weighted by atomic mass is 16.5. The van der Waals surface area contributed by atoms with E-state index in [1.165, 1.54) is 6.39 Å². The molecule has 0 saturated carbocycles. The van der Waals surface area contributed by atoms with Crippen LogP contribution in [0.15, 0.2) is 78.2 Å². The van der Waals surface area contributed by atoms with Crippen molar-refractivity contribution < 1.29 is 9.32 Å². The number of aryl methyl sites for hydroxylation is 1. The molecule has 5 aromatic rings. The molecule has 0 aliphatic carbocycles. The second kappa shape index (κ2) is 9.83. The molecule has 11 nitrogen and oxygen atoms in total. The van der Waals surface area contributed by atoms with Gasteiger partial charge >= 0.3 is 0 Å². The number of anilines is 2. The van der Waals surface area contributed by atoms with Gasteiger partial charge in [-0.1, -0.05) is 6.07 Å². The molecule has 0 aliphatic rings. The average Bonchev–Trinajstić information content (AvgIpc) is 3.41. The van der Waals surface area contributed by atoms with Crippen LogP contribution in [0.5, 0.6) is 0 Å². The van der Waals surface area contributed by atoms with E-state index in [0.717, 1.165) is 22.5 Å². The van der Waals surface area contributed by atoms with E-state index in [0.29, 0.717) is 29.7 Å². The van der Waals surface area contributed by atoms with Crippen molar-refractivity contribution >= 4 is 17.7 Å². The molecule has 0 fully saturated rings. The van der Waals surface area contributed by atoms with E-state index in [4.69, 9.17) is 4.52 Å². The summed E-state index contributed by atoms with van der Waals surface area (Å²) in [5, 5.41) is 9.52. The average molecular weight is 465 g/mol. The van der Waals surface area contributed by atoms with Gasteiger partial charge in [0.15, 0.2) is 5.82 Å². The molecule has 0 unspecified atom stereocenters. The fraction of sp³-hybridized carbons (Fsp3) is 0.0833. The molecule has 0 atom stereocenters. The summed E-state index contributed by atoms with van der Waals surface area (Å²) in [4.78, 5) is 38.2. The number of pyridine rings is 3. The molecule has 2 N–H and O–H groups in total. The fourth-order valence-electron chi connectivity index (χ4n) is 3.25. The van der Waals surface area contributed by atoms with Crippen molar-refractivity contribution in [3.8, 4) is 22.6 Å². The molecule has 11 heteroatoms. The van der Waals surface area contributed by atoms with Crippen molar-refractivity contribution in [1.29, 1.82) is 0 Å². The molecule has 0 aliphatic heterocycles. The van der Waals surface area contributed by atoms with Crippen molar-refractivity contribution in [2.24, 2.45) is 0 Å². The van der Waals surface area contributed by atoms with E-state index in [1.54, 1.807) is 43.0 Å². The summed E-state index contributed by atoms with van der Waals surface area (Å²) >= 11 is 0. The summed E-state index contributed by atoms with van der Waals surface area (Å²) in [5.41, 5.74) is 4.31. The number of carbonyl (C=O) groups excluding carboxylic acids is 1. The quantitative estimate of drug-likeness (QED) is 0.367. The Bertz CT molecular complexity index is 1420. The number of rotatable bonds is 7. The summed E-state index contributed by atoms with van der Waals surface area (Å²) < 4.78 is 4.72. The first kappa shape index (κ1) is 21.8. The van der Waals surface area contributed by atoms with Crippen molar-refractivity contribution in [3.63, 3.8) is 0 Å². The standard InChI is InChI=1S/C24H19N9O2/c1-15-9-21(32-24-29-14-35-33-24)31-22(30-15)18-5-7-20(27-13-18)23(34)28-11-16-4-6-19(26-10-16)17-3-2-8-25-12-17/h2-10,12-14H,11H2,1H3,(H,28,34)(H,30,31,32,33). The van der Waals surface area contributed by atoms with Crippen LogP contribution in [-0.2, 0) is 6.54 Å². The monoisotopic (exact) mass is 465 g/mol. The van der Waals surface area contributed by atoms with Gasteiger partial charge in [-0.15, -0.1) is 0 Å². The molecule has 5 rings (SSSR count). The maximum atomic E-state index is 12.6. The molecular weight excluding hydrogens is 446 g/mol. The minimum absolute atomic E-state index is 0.284. The van der Waals surface area contributed by atoms with E-state index in [-0.39, 0.29) is 11.6 Å². The van der Waals surface area contributed by atoms with Crippen LogP contribution in [0.4, 0.5) is 11.8 Å². The predicted molar refractivity (Wildman–Crippen MR) is 126 cm³/mol. The Hall–Kier alpha value is -5.06. The highest BCUT2D eigenvalue weighted by molar-refractivity contribution is 5.92. The number of hydrogen-bond donors (Lipinski definition) is 2. The Balaban J connectivity index is 1.23. The van der Waals surface area contributed by atoms with Gasteiger partial charge in [-0.3, -0.25) is 19.7 Å². The van der Waals surface area contributed by atoms with E-state index in [2.05, 4.69) is 45.7 Å². The highest BCUT2D eigenvalue weighted by Gasteiger charge is 2.11. The van der Waals surface area contributed by atoms with Crippen LogP contribution in [0.25, 0.3) is 22.6 Å². The van der Waals surface area contributed by atoms with Gasteiger partial charge in [0.2, 0.25) is 6.39 Å². The summed E-state index contributed by atoms with van der Waals surface area (Å²) in [5.74, 6) is 0.965. The number of nitrogens with one attached hydrogen (secondary N) is 2. The first-order valence-electron chi connectivity index (χ1n) is 10.6. The largest absolute Gasteiger partial charge is 0.347 e. The Labute approximate surface area is 199 Å². The molecule has 1 amide bonds. The molecule has 5 aromatic heterocycles. The minimum atomic E-state index is -0.294. The van der Waals surface area contributed by atoms with Gasteiger partial charge in [-0.2, -0.15) is 4.98 Å². The molecule has 35 heavy (non-hydrogen) atoms. The van der Waals surface area contributed by atoms with Crippen LogP contribution in [0.3, 0.4) is 0 Å². The van der Waals surface area contributed by atoms with Gasteiger partial charge in [0.1, 0.15) is 11.5 Å². The highest BCUT2D eigenvalue weighted by Crippen LogP contribution is 2.19. The zero-order valence-electron chi connectivity index (χ0n) is 18.6. The first-order chi connectivity index (χ1) is 17.1. The fourth-order valence-corrected chi connectivity index (χ4v) is 3.25. The molecule has 5 heterocycles. The number of amides is 1. The van der Waals surface area contributed by atoms with Gasteiger partial charge in [0.25, 0.3) is 11.9 Å². The van der Waals surface area contributed by atoms with Gasteiger partial charge in [0, 0.05) is 54.2 Å².